The quantitative estimate of drug-likeness (QED) is 0.460. The minimum absolute atomic E-state index is 0.00755. The number of carbonyl (C=O) groups excluding carboxylic acids is 2. The fraction of sp³-hybridized carbons (Fsp3) is 0.238. The van der Waals surface area contributed by atoms with E-state index in [-0.39, 0.29) is 30.1 Å². The highest BCUT2D eigenvalue weighted by molar-refractivity contribution is 7.99. The van der Waals surface area contributed by atoms with Crippen LogP contribution in [0, 0.1) is 0 Å². The molecule has 2 aromatic carbocycles. The van der Waals surface area contributed by atoms with Crippen molar-refractivity contribution in [2.45, 2.75) is 18.1 Å². The molecular weight excluding hydrogens is 388 g/mol. The largest absolute Gasteiger partial charge is 0.482 e. The van der Waals surface area contributed by atoms with Gasteiger partial charge in [0.05, 0.1) is 17.5 Å². The van der Waals surface area contributed by atoms with E-state index in [1.54, 1.807) is 17.0 Å². The van der Waals surface area contributed by atoms with Gasteiger partial charge in [0.15, 0.2) is 23.4 Å². The average molecular weight is 408 g/mol. The predicted molar refractivity (Wildman–Crippen MR) is 110 cm³/mol. The third-order valence-corrected chi connectivity index (χ3v) is 5.82. The summed E-state index contributed by atoms with van der Waals surface area (Å²) in [7, 11) is 1.85. The number of hydrogen-bond acceptors (Lipinski definition) is 6. The molecule has 1 amide bonds. The highest BCUT2D eigenvalue weighted by Gasteiger charge is 2.32. The van der Waals surface area contributed by atoms with Crippen LogP contribution in [-0.4, -0.2) is 38.8 Å². The van der Waals surface area contributed by atoms with Crippen LogP contribution < -0.4 is 9.64 Å². The zero-order valence-electron chi connectivity index (χ0n) is 16.1. The molecule has 0 spiro atoms. The van der Waals surface area contributed by atoms with Crippen LogP contribution >= 0.6 is 11.8 Å². The van der Waals surface area contributed by atoms with E-state index in [9.17, 15) is 9.59 Å². The Morgan fingerprint density at radius 2 is 1.86 bits per heavy atom. The lowest BCUT2D eigenvalue weighted by molar-refractivity contribution is -0.121. The van der Waals surface area contributed by atoms with Crippen molar-refractivity contribution < 1.29 is 14.3 Å². The molecule has 4 rings (SSSR count). The summed E-state index contributed by atoms with van der Waals surface area (Å²) in [5, 5.41) is 9.16. The molecule has 0 saturated heterocycles. The number of benzene rings is 2. The van der Waals surface area contributed by atoms with Gasteiger partial charge in [-0.15, -0.1) is 10.2 Å². The lowest BCUT2D eigenvalue weighted by Crippen LogP contribution is -2.41. The molecule has 1 unspecified atom stereocenters. The number of hydrogen-bond donors (Lipinski definition) is 0. The van der Waals surface area contributed by atoms with Crippen LogP contribution in [-0.2, 0) is 11.8 Å². The summed E-state index contributed by atoms with van der Waals surface area (Å²) in [5.74, 6) is 1.48. The molecule has 1 aliphatic rings. The van der Waals surface area contributed by atoms with Crippen LogP contribution in [0.5, 0.6) is 5.75 Å². The highest BCUT2D eigenvalue weighted by atomic mass is 32.2. The molecule has 8 heteroatoms. The molecule has 1 aliphatic heterocycles. The molecule has 3 aromatic rings. The van der Waals surface area contributed by atoms with E-state index in [2.05, 4.69) is 10.2 Å². The van der Waals surface area contributed by atoms with Crippen LogP contribution in [0.2, 0.25) is 0 Å². The van der Waals surface area contributed by atoms with E-state index in [1.807, 2.05) is 61.0 Å². The summed E-state index contributed by atoms with van der Waals surface area (Å²) in [5.41, 5.74) is 1.39. The van der Waals surface area contributed by atoms with Crippen molar-refractivity contribution in [3.05, 3.63) is 66.0 Å². The molecular formula is C21H20N4O3S. The number of para-hydroxylation sites is 2. The third kappa shape index (κ3) is 3.75. The number of amides is 1. The first kappa shape index (κ1) is 19.2. The number of Topliss-reactive ketones (excluding diaryl/α,β-unsaturated/α-hetero) is 1. The SMILES string of the molecule is CC(c1nnc(SCC(=O)c2ccccc2)n1C)N1C(=O)COc2ccccc21. The van der Waals surface area contributed by atoms with Crippen molar-refractivity contribution in [1.82, 2.24) is 14.8 Å². The van der Waals surface area contributed by atoms with Crippen molar-refractivity contribution >= 4 is 29.1 Å². The van der Waals surface area contributed by atoms with Crippen molar-refractivity contribution in [3.63, 3.8) is 0 Å². The number of fused-ring (bicyclic) bond motifs is 1. The first-order chi connectivity index (χ1) is 14.1. The number of ether oxygens (including phenoxy) is 1. The second-order valence-corrected chi connectivity index (χ2v) is 7.62. The zero-order valence-corrected chi connectivity index (χ0v) is 16.9. The standard InChI is InChI=1S/C21H20N4O3S/c1-14(25-16-10-6-7-11-18(16)28-12-19(25)27)20-22-23-21(24(20)2)29-13-17(26)15-8-4-3-5-9-15/h3-11,14H,12-13H2,1-2H3. The molecule has 0 radical (unpaired) electrons. The van der Waals surface area contributed by atoms with E-state index < -0.39 is 0 Å². The van der Waals surface area contributed by atoms with E-state index >= 15 is 0 Å². The van der Waals surface area contributed by atoms with E-state index in [1.165, 1.54) is 11.8 Å². The Morgan fingerprint density at radius 3 is 2.66 bits per heavy atom. The number of rotatable bonds is 6. The van der Waals surface area contributed by atoms with Gasteiger partial charge in [-0.2, -0.15) is 0 Å². The lowest BCUT2D eigenvalue weighted by atomic mass is 10.1. The topological polar surface area (TPSA) is 77.3 Å². The van der Waals surface area contributed by atoms with Gasteiger partial charge in [0.2, 0.25) is 0 Å². The van der Waals surface area contributed by atoms with Crippen molar-refractivity contribution in [1.29, 1.82) is 0 Å². The Morgan fingerprint density at radius 1 is 1.14 bits per heavy atom. The second kappa shape index (κ2) is 8.08. The van der Waals surface area contributed by atoms with Gasteiger partial charge in [-0.05, 0) is 19.1 Å². The van der Waals surface area contributed by atoms with Crippen LogP contribution in [0.1, 0.15) is 29.1 Å². The molecule has 148 valence electrons. The monoisotopic (exact) mass is 408 g/mol. The molecule has 1 atom stereocenters. The lowest BCUT2D eigenvalue weighted by Gasteiger charge is -2.33. The van der Waals surface area contributed by atoms with Crippen molar-refractivity contribution in [3.8, 4) is 5.75 Å². The van der Waals surface area contributed by atoms with Gasteiger partial charge in [0.25, 0.3) is 5.91 Å². The summed E-state index contributed by atoms with van der Waals surface area (Å²) in [6, 6.07) is 16.3. The number of ketones is 1. The minimum Gasteiger partial charge on any atom is -0.482 e. The summed E-state index contributed by atoms with van der Waals surface area (Å²) < 4.78 is 7.35. The van der Waals surface area contributed by atoms with E-state index in [0.717, 1.165) is 0 Å². The number of carbonyl (C=O) groups is 2. The van der Waals surface area contributed by atoms with Gasteiger partial charge in [0, 0.05) is 12.6 Å². The Balaban J connectivity index is 1.53. The summed E-state index contributed by atoms with van der Waals surface area (Å²) in [6.45, 7) is 1.90. The van der Waals surface area contributed by atoms with Gasteiger partial charge < -0.3 is 9.30 Å². The Bertz CT molecular complexity index is 1050. The van der Waals surface area contributed by atoms with Gasteiger partial charge in [-0.25, -0.2) is 0 Å². The molecule has 7 nitrogen and oxygen atoms in total. The fourth-order valence-electron chi connectivity index (χ4n) is 3.31. The first-order valence-electron chi connectivity index (χ1n) is 9.20. The summed E-state index contributed by atoms with van der Waals surface area (Å²) >= 11 is 1.33. The first-order valence-corrected chi connectivity index (χ1v) is 10.2. The van der Waals surface area contributed by atoms with Crippen LogP contribution in [0.4, 0.5) is 5.69 Å². The smallest absolute Gasteiger partial charge is 0.265 e. The minimum atomic E-state index is -0.329. The summed E-state index contributed by atoms with van der Waals surface area (Å²) in [4.78, 5) is 26.6. The Kier molecular flexibility index (Phi) is 5.35. The Hall–Kier alpha value is -3.13. The Labute approximate surface area is 172 Å². The van der Waals surface area contributed by atoms with E-state index in [4.69, 9.17) is 4.74 Å². The van der Waals surface area contributed by atoms with Gasteiger partial charge in [-0.1, -0.05) is 54.2 Å². The van der Waals surface area contributed by atoms with Crippen LogP contribution in [0.3, 0.4) is 0 Å². The summed E-state index contributed by atoms with van der Waals surface area (Å²) in [6.07, 6.45) is 0. The molecule has 0 fully saturated rings. The molecule has 29 heavy (non-hydrogen) atoms. The van der Waals surface area contributed by atoms with Crippen LogP contribution in [0.25, 0.3) is 0 Å². The van der Waals surface area contributed by atoms with Crippen LogP contribution in [0.15, 0.2) is 59.8 Å². The molecule has 0 aliphatic carbocycles. The molecule has 2 heterocycles. The maximum atomic E-state index is 12.6. The number of nitrogens with zero attached hydrogens (tertiary/aromatic N) is 4. The van der Waals surface area contributed by atoms with Crippen molar-refractivity contribution in [2.75, 3.05) is 17.3 Å². The fourth-order valence-corrected chi connectivity index (χ4v) is 4.13. The number of thioether (sulfide) groups is 1. The normalized spacial score (nSPS) is 14.3. The maximum absolute atomic E-state index is 12.6. The molecule has 0 bridgehead atoms. The predicted octanol–water partition coefficient (Wildman–Crippen LogP) is 3.28. The third-order valence-electron chi connectivity index (χ3n) is 4.80. The molecule has 0 saturated carbocycles. The van der Waals surface area contributed by atoms with Crippen molar-refractivity contribution in [2.24, 2.45) is 7.05 Å². The maximum Gasteiger partial charge on any atom is 0.265 e. The zero-order chi connectivity index (χ0) is 20.4. The van der Waals surface area contributed by atoms with Gasteiger partial charge in [-0.3, -0.25) is 14.5 Å². The van der Waals surface area contributed by atoms with Gasteiger partial charge in [0.1, 0.15) is 5.75 Å². The number of aromatic nitrogens is 3. The average Bonchev–Trinajstić information content (AvgIpc) is 3.12. The number of anilines is 1. The molecule has 1 aromatic heterocycles. The van der Waals surface area contributed by atoms with Gasteiger partial charge >= 0.3 is 0 Å². The van der Waals surface area contributed by atoms with E-state index in [0.29, 0.717) is 28.0 Å². The second-order valence-electron chi connectivity index (χ2n) is 6.67. The molecule has 0 N–H and O–H groups in total. The highest BCUT2D eigenvalue weighted by Crippen LogP contribution is 2.37.